The van der Waals surface area contributed by atoms with Crippen LogP contribution in [0.15, 0.2) is 12.7 Å². The van der Waals surface area contributed by atoms with Gasteiger partial charge in [-0.25, -0.2) is 4.79 Å². The second kappa shape index (κ2) is 6.05. The van der Waals surface area contributed by atoms with Crippen LogP contribution in [0.1, 0.15) is 1.43 Å². The van der Waals surface area contributed by atoms with Gasteiger partial charge >= 0.3 is 40.6 Å². The van der Waals surface area contributed by atoms with Crippen molar-refractivity contribution >= 4 is 16.3 Å². The fourth-order valence-corrected chi connectivity index (χ4v) is 0.610. The van der Waals surface area contributed by atoms with Crippen molar-refractivity contribution in [2.24, 2.45) is 0 Å². The van der Waals surface area contributed by atoms with E-state index in [1.54, 1.807) is 0 Å². The summed E-state index contributed by atoms with van der Waals surface area (Å²) in [6.45, 7) is 2.62. The van der Waals surface area contributed by atoms with Crippen molar-refractivity contribution in [3.63, 3.8) is 0 Å². The van der Waals surface area contributed by atoms with E-state index in [9.17, 15) is 26.4 Å². The Balaban J connectivity index is -0.000000845. The molecule has 0 aromatic rings. The topological polar surface area (TPSA) is 69.7 Å². The smallest absolute Gasteiger partial charge is 1.00 e. The van der Waals surface area contributed by atoms with E-state index in [-0.39, 0.29) is 20.3 Å². The number of ether oxygens (including phenoxy) is 1. The van der Waals surface area contributed by atoms with E-state index < -0.39 is 28.4 Å². The number of halogens is 3. The molecule has 0 aliphatic heterocycles. The van der Waals surface area contributed by atoms with E-state index in [1.807, 2.05) is 0 Å². The summed E-state index contributed by atoms with van der Waals surface area (Å²) in [4.78, 5) is 10.3. The fraction of sp³-hybridized carbons (Fsp3) is 0.400. The predicted molar refractivity (Wildman–Crippen MR) is 38.7 cm³/mol. The third-order valence-corrected chi connectivity index (χ3v) is 1.70. The van der Waals surface area contributed by atoms with Crippen LogP contribution in [0.5, 0.6) is 0 Å². The maximum atomic E-state index is 11.6. The summed E-state index contributed by atoms with van der Waals surface area (Å²) in [5.41, 5.74) is -5.65. The van der Waals surface area contributed by atoms with Crippen molar-refractivity contribution in [1.29, 1.82) is 0 Å². The van der Waals surface area contributed by atoms with Gasteiger partial charge in [0.25, 0.3) is 0 Å². The van der Waals surface area contributed by atoms with Gasteiger partial charge in [0, 0.05) is 0 Å². The molecule has 0 aromatic carbocycles. The Morgan fingerprint density at radius 3 is 2.27 bits per heavy atom. The standard InChI is InChI=1S/C5H5F3O5S.Li.H/c1-2-3-12-4(9)13-14(10,11)5(6,7)8;;/h2H,1,3H2;;/q;+1;-1. The molecule has 15 heavy (non-hydrogen) atoms. The third-order valence-electron chi connectivity index (χ3n) is 0.780. The molecular formula is C5H6F3LiO5S. The summed E-state index contributed by atoms with van der Waals surface area (Å²) in [6, 6.07) is 0. The Hall–Kier alpha value is -0.653. The second-order valence-corrected chi connectivity index (χ2v) is 3.37. The van der Waals surface area contributed by atoms with Crippen LogP contribution in [0.4, 0.5) is 18.0 Å². The number of alkyl halides is 3. The number of hydrogen-bond acceptors (Lipinski definition) is 5. The molecule has 0 bridgehead atoms. The van der Waals surface area contributed by atoms with E-state index in [0.717, 1.165) is 6.08 Å². The largest absolute Gasteiger partial charge is 1.00 e. The molecular weight excluding hydrogens is 236 g/mol. The van der Waals surface area contributed by atoms with Crippen molar-refractivity contribution in [2.45, 2.75) is 5.51 Å². The summed E-state index contributed by atoms with van der Waals surface area (Å²) in [7, 11) is -5.94. The van der Waals surface area contributed by atoms with Gasteiger partial charge in [-0.05, 0) is 0 Å². The maximum Gasteiger partial charge on any atom is 1.00 e. The van der Waals surface area contributed by atoms with E-state index in [4.69, 9.17) is 0 Å². The van der Waals surface area contributed by atoms with Gasteiger partial charge in [0.1, 0.15) is 6.61 Å². The molecule has 0 saturated carbocycles. The summed E-state index contributed by atoms with van der Waals surface area (Å²) in [6.07, 6.45) is -0.927. The molecule has 0 aliphatic carbocycles. The second-order valence-electron chi connectivity index (χ2n) is 1.83. The molecule has 0 heterocycles. The zero-order valence-electron chi connectivity index (χ0n) is 8.57. The van der Waals surface area contributed by atoms with Gasteiger partial charge in [-0.2, -0.15) is 21.6 Å². The van der Waals surface area contributed by atoms with Gasteiger partial charge in [0.15, 0.2) is 0 Å². The molecule has 5 nitrogen and oxygen atoms in total. The van der Waals surface area contributed by atoms with Crippen LogP contribution in [0, 0.1) is 0 Å². The van der Waals surface area contributed by atoms with Gasteiger partial charge < -0.3 is 10.3 Å². The van der Waals surface area contributed by atoms with Crippen molar-refractivity contribution in [3.05, 3.63) is 12.7 Å². The summed E-state index contributed by atoms with van der Waals surface area (Å²) < 4.78 is 61.9. The van der Waals surface area contributed by atoms with Crippen LogP contribution in [-0.2, 0) is 19.0 Å². The van der Waals surface area contributed by atoms with Crippen molar-refractivity contribution in [3.8, 4) is 0 Å². The van der Waals surface area contributed by atoms with Crippen molar-refractivity contribution in [2.75, 3.05) is 6.61 Å². The number of hydrogen-bond donors (Lipinski definition) is 0. The quantitative estimate of drug-likeness (QED) is 0.194. The molecule has 0 aliphatic rings. The molecule has 0 saturated heterocycles. The molecule has 0 radical (unpaired) electrons. The Kier molecular flexibility index (Phi) is 6.76. The minimum Gasteiger partial charge on any atom is -1.00 e. The number of rotatable bonds is 3. The predicted octanol–water partition coefficient (Wildman–Crippen LogP) is -1.71. The Bertz CT molecular complexity index is 327. The summed E-state index contributed by atoms with van der Waals surface area (Å²) in [5, 5.41) is 0. The molecule has 0 fully saturated rings. The van der Waals surface area contributed by atoms with Gasteiger partial charge in [-0.15, -0.1) is 0 Å². The van der Waals surface area contributed by atoms with E-state index >= 15 is 0 Å². The number of carbonyl (C=O) groups excluding carboxylic acids is 1. The van der Waals surface area contributed by atoms with E-state index in [2.05, 4.69) is 15.5 Å². The third kappa shape index (κ3) is 5.71. The van der Waals surface area contributed by atoms with Crippen LogP contribution in [-0.4, -0.2) is 26.7 Å². The Morgan fingerprint density at radius 1 is 1.47 bits per heavy atom. The molecule has 10 heteroatoms. The normalized spacial score (nSPS) is 11.1. The molecule has 0 aromatic heterocycles. The van der Waals surface area contributed by atoms with Crippen LogP contribution < -0.4 is 18.9 Å². The molecule has 0 rings (SSSR count). The van der Waals surface area contributed by atoms with E-state index in [0.29, 0.717) is 0 Å². The maximum absolute atomic E-state index is 11.6. The van der Waals surface area contributed by atoms with Gasteiger partial charge in [0.05, 0.1) is 0 Å². The zero-order valence-corrected chi connectivity index (χ0v) is 8.39. The van der Waals surface area contributed by atoms with Crippen LogP contribution in [0.3, 0.4) is 0 Å². The van der Waals surface area contributed by atoms with Crippen LogP contribution in [0.25, 0.3) is 0 Å². The van der Waals surface area contributed by atoms with Crippen LogP contribution in [0.2, 0.25) is 0 Å². The summed E-state index contributed by atoms with van der Waals surface area (Å²) >= 11 is 0. The molecule has 0 unspecified atom stereocenters. The molecule has 0 spiro atoms. The average molecular weight is 242 g/mol. The SMILES string of the molecule is C=CCOC(=O)OS(=O)(=O)C(F)(F)F.[H-].[Li+]. The van der Waals surface area contributed by atoms with Gasteiger partial charge in [0.2, 0.25) is 0 Å². The van der Waals surface area contributed by atoms with Crippen LogP contribution >= 0.6 is 0 Å². The molecule has 0 atom stereocenters. The minimum atomic E-state index is -5.94. The van der Waals surface area contributed by atoms with E-state index in [1.165, 1.54) is 0 Å². The average Bonchev–Trinajstić information content (AvgIpc) is 1.97. The summed E-state index contributed by atoms with van der Waals surface area (Å²) in [5.74, 6) is 0. The molecule has 0 amide bonds. The first-order chi connectivity index (χ1) is 6.20. The van der Waals surface area contributed by atoms with Crippen molar-refractivity contribution in [1.82, 2.24) is 0 Å². The first-order valence-electron chi connectivity index (χ1n) is 2.99. The molecule has 84 valence electrons. The molecule has 0 N–H and O–H groups in total. The first-order valence-corrected chi connectivity index (χ1v) is 4.40. The first kappa shape index (κ1) is 16.8. The number of carbonyl (C=O) groups is 1. The fourth-order valence-electron chi connectivity index (χ4n) is 0.288. The monoisotopic (exact) mass is 242 g/mol. The minimum absolute atomic E-state index is 0. The Morgan fingerprint density at radius 2 is 1.93 bits per heavy atom. The Labute approximate surface area is 97.0 Å². The van der Waals surface area contributed by atoms with Gasteiger partial charge in [-0.3, -0.25) is 0 Å². The zero-order chi connectivity index (χ0) is 11.4. The van der Waals surface area contributed by atoms with Crippen molar-refractivity contribution < 1.29 is 55.6 Å². The van der Waals surface area contributed by atoms with Gasteiger partial charge in [-0.1, -0.05) is 12.7 Å².